The number of aromatic nitrogens is 2. The molecule has 2 aromatic rings. The molecule has 0 spiro atoms. The van der Waals surface area contributed by atoms with Gasteiger partial charge in [-0.3, -0.25) is 0 Å². The quantitative estimate of drug-likeness (QED) is 0.862. The number of rotatable bonds is 4. The second-order valence-electron chi connectivity index (χ2n) is 5.31. The van der Waals surface area contributed by atoms with Crippen LogP contribution in [0.3, 0.4) is 0 Å². The van der Waals surface area contributed by atoms with Crippen LogP contribution in [-0.4, -0.2) is 37.0 Å². The number of benzene rings is 1. The lowest BCUT2D eigenvalue weighted by atomic mass is 10.1. The van der Waals surface area contributed by atoms with Gasteiger partial charge in [0.15, 0.2) is 17.3 Å². The molecule has 1 aromatic heterocycles. The maximum atomic E-state index is 5.93. The van der Waals surface area contributed by atoms with E-state index in [-0.39, 0.29) is 6.10 Å². The zero-order chi connectivity index (χ0) is 14.7. The summed E-state index contributed by atoms with van der Waals surface area (Å²) in [6.07, 6.45) is 1.76. The van der Waals surface area contributed by atoms with Crippen molar-refractivity contribution in [2.75, 3.05) is 25.6 Å². The minimum Gasteiger partial charge on any atom is -0.486 e. The molecular formula is C16H19N3O2. The Morgan fingerprint density at radius 2 is 1.90 bits per heavy atom. The van der Waals surface area contributed by atoms with Crippen molar-refractivity contribution in [1.29, 1.82) is 0 Å². The van der Waals surface area contributed by atoms with Gasteiger partial charge >= 0.3 is 0 Å². The third kappa shape index (κ3) is 3.24. The van der Waals surface area contributed by atoms with Crippen LogP contribution in [0.4, 0.5) is 5.82 Å². The van der Waals surface area contributed by atoms with Crippen molar-refractivity contribution in [3.8, 4) is 11.5 Å². The fourth-order valence-electron chi connectivity index (χ4n) is 2.24. The first-order valence-corrected chi connectivity index (χ1v) is 7.11. The van der Waals surface area contributed by atoms with Crippen LogP contribution >= 0.6 is 0 Å². The Kier molecular flexibility index (Phi) is 3.90. The SMILES string of the molecule is CN(C)c1ccc(CC[C@@H]2COc3ccccc3O2)nn1. The van der Waals surface area contributed by atoms with Crippen molar-refractivity contribution in [1.82, 2.24) is 10.2 Å². The zero-order valence-corrected chi connectivity index (χ0v) is 12.3. The van der Waals surface area contributed by atoms with E-state index in [0.29, 0.717) is 6.61 Å². The molecule has 1 aliphatic rings. The Balaban J connectivity index is 1.56. The smallest absolute Gasteiger partial charge is 0.161 e. The van der Waals surface area contributed by atoms with E-state index < -0.39 is 0 Å². The van der Waals surface area contributed by atoms with Crippen LogP contribution in [0.1, 0.15) is 12.1 Å². The molecule has 3 rings (SSSR count). The fraction of sp³-hybridized carbons (Fsp3) is 0.375. The standard InChI is InChI=1S/C16H19N3O2/c1-19(2)16-10-8-12(17-18-16)7-9-13-11-20-14-5-3-4-6-15(14)21-13/h3-6,8,10,13H,7,9,11H2,1-2H3/t13-/m1/s1. The lowest BCUT2D eigenvalue weighted by Gasteiger charge is -2.26. The van der Waals surface area contributed by atoms with E-state index in [1.165, 1.54) is 0 Å². The largest absolute Gasteiger partial charge is 0.486 e. The third-order valence-electron chi connectivity index (χ3n) is 3.45. The number of aryl methyl sites for hydroxylation is 1. The van der Waals surface area contributed by atoms with Gasteiger partial charge in [0.05, 0.1) is 5.69 Å². The summed E-state index contributed by atoms with van der Waals surface area (Å²) >= 11 is 0. The molecule has 110 valence electrons. The molecule has 21 heavy (non-hydrogen) atoms. The van der Waals surface area contributed by atoms with Crippen molar-refractivity contribution < 1.29 is 9.47 Å². The van der Waals surface area contributed by atoms with E-state index in [1.807, 2.05) is 55.4 Å². The van der Waals surface area contributed by atoms with Crippen molar-refractivity contribution in [2.45, 2.75) is 18.9 Å². The Labute approximate surface area is 124 Å². The van der Waals surface area contributed by atoms with E-state index in [1.54, 1.807) is 0 Å². The molecule has 0 bridgehead atoms. The summed E-state index contributed by atoms with van der Waals surface area (Å²) in [6.45, 7) is 0.584. The first-order valence-electron chi connectivity index (χ1n) is 7.11. The highest BCUT2D eigenvalue weighted by Gasteiger charge is 2.20. The molecule has 0 fully saturated rings. The molecule has 5 nitrogen and oxygen atoms in total. The van der Waals surface area contributed by atoms with Crippen molar-refractivity contribution in [3.05, 3.63) is 42.1 Å². The molecule has 0 amide bonds. The predicted molar refractivity (Wildman–Crippen MR) is 81.0 cm³/mol. The van der Waals surface area contributed by atoms with Gasteiger partial charge in [-0.05, 0) is 37.1 Å². The average Bonchev–Trinajstić information content (AvgIpc) is 2.53. The molecule has 0 saturated heterocycles. The minimum absolute atomic E-state index is 0.0650. The van der Waals surface area contributed by atoms with E-state index in [0.717, 1.165) is 35.9 Å². The normalized spacial score (nSPS) is 16.6. The molecule has 5 heteroatoms. The Morgan fingerprint density at radius 1 is 1.10 bits per heavy atom. The lowest BCUT2D eigenvalue weighted by molar-refractivity contribution is 0.0849. The maximum absolute atomic E-state index is 5.93. The maximum Gasteiger partial charge on any atom is 0.161 e. The van der Waals surface area contributed by atoms with Crippen LogP contribution in [0.15, 0.2) is 36.4 Å². The summed E-state index contributed by atoms with van der Waals surface area (Å²) in [7, 11) is 3.91. The molecule has 0 saturated carbocycles. The van der Waals surface area contributed by atoms with Crippen molar-refractivity contribution in [3.63, 3.8) is 0 Å². The average molecular weight is 285 g/mol. The highest BCUT2D eigenvalue weighted by molar-refractivity contribution is 5.40. The first kappa shape index (κ1) is 13.7. The van der Waals surface area contributed by atoms with Gasteiger partial charge in [-0.1, -0.05) is 12.1 Å². The number of para-hydroxylation sites is 2. The third-order valence-corrected chi connectivity index (χ3v) is 3.45. The Bertz CT molecular complexity index is 599. The number of nitrogens with zero attached hydrogens (tertiary/aromatic N) is 3. The number of hydrogen-bond acceptors (Lipinski definition) is 5. The van der Waals surface area contributed by atoms with Gasteiger partial charge in [-0.15, -0.1) is 5.10 Å². The van der Waals surface area contributed by atoms with Crippen LogP contribution in [0, 0.1) is 0 Å². The number of anilines is 1. The molecule has 0 unspecified atom stereocenters. The lowest BCUT2D eigenvalue weighted by Crippen LogP contribution is -2.29. The predicted octanol–water partition coefficient (Wildman–Crippen LogP) is 2.32. The van der Waals surface area contributed by atoms with Gasteiger partial charge in [0.2, 0.25) is 0 Å². The molecule has 0 radical (unpaired) electrons. The molecule has 0 N–H and O–H groups in total. The summed E-state index contributed by atoms with van der Waals surface area (Å²) in [5.74, 6) is 2.51. The van der Waals surface area contributed by atoms with E-state index >= 15 is 0 Å². The number of ether oxygens (including phenoxy) is 2. The second-order valence-corrected chi connectivity index (χ2v) is 5.31. The summed E-state index contributed by atoms with van der Waals surface area (Å²) in [6, 6.07) is 11.8. The fourth-order valence-corrected chi connectivity index (χ4v) is 2.24. The Hall–Kier alpha value is -2.30. The van der Waals surface area contributed by atoms with Crippen LogP contribution in [0.5, 0.6) is 11.5 Å². The molecule has 2 heterocycles. The van der Waals surface area contributed by atoms with Crippen LogP contribution in [0.25, 0.3) is 0 Å². The highest BCUT2D eigenvalue weighted by atomic mass is 16.6. The molecular weight excluding hydrogens is 266 g/mol. The number of fused-ring (bicyclic) bond motifs is 1. The van der Waals surface area contributed by atoms with Crippen LogP contribution < -0.4 is 14.4 Å². The van der Waals surface area contributed by atoms with E-state index in [9.17, 15) is 0 Å². The molecule has 1 atom stereocenters. The Morgan fingerprint density at radius 3 is 2.62 bits per heavy atom. The summed E-state index contributed by atoms with van der Waals surface area (Å²) in [5.41, 5.74) is 0.975. The van der Waals surface area contributed by atoms with Gasteiger partial charge < -0.3 is 14.4 Å². The number of hydrogen-bond donors (Lipinski definition) is 0. The molecule has 1 aromatic carbocycles. The van der Waals surface area contributed by atoms with Crippen molar-refractivity contribution >= 4 is 5.82 Å². The van der Waals surface area contributed by atoms with Gasteiger partial charge in [0.25, 0.3) is 0 Å². The van der Waals surface area contributed by atoms with Crippen molar-refractivity contribution in [2.24, 2.45) is 0 Å². The topological polar surface area (TPSA) is 47.5 Å². The summed E-state index contributed by atoms with van der Waals surface area (Å²) < 4.78 is 11.6. The van der Waals surface area contributed by atoms with Gasteiger partial charge in [-0.2, -0.15) is 5.10 Å². The minimum atomic E-state index is 0.0650. The van der Waals surface area contributed by atoms with Crippen LogP contribution in [-0.2, 0) is 6.42 Å². The van der Waals surface area contributed by atoms with E-state index in [4.69, 9.17) is 9.47 Å². The first-order chi connectivity index (χ1) is 10.2. The highest BCUT2D eigenvalue weighted by Crippen LogP contribution is 2.31. The second kappa shape index (κ2) is 5.99. The van der Waals surface area contributed by atoms with E-state index in [2.05, 4.69) is 10.2 Å². The summed E-state index contributed by atoms with van der Waals surface area (Å²) in [5, 5.41) is 8.42. The molecule has 0 aliphatic carbocycles. The zero-order valence-electron chi connectivity index (χ0n) is 12.3. The van der Waals surface area contributed by atoms with Gasteiger partial charge in [-0.25, -0.2) is 0 Å². The van der Waals surface area contributed by atoms with Gasteiger partial charge in [0.1, 0.15) is 12.7 Å². The summed E-state index contributed by atoms with van der Waals surface area (Å²) in [4.78, 5) is 1.94. The van der Waals surface area contributed by atoms with Crippen LogP contribution in [0.2, 0.25) is 0 Å². The molecule has 1 aliphatic heterocycles. The van der Waals surface area contributed by atoms with Gasteiger partial charge in [0, 0.05) is 14.1 Å². The monoisotopic (exact) mass is 285 g/mol.